The van der Waals surface area contributed by atoms with Crippen LogP contribution in [0.5, 0.6) is 0 Å². The van der Waals surface area contributed by atoms with Crippen molar-refractivity contribution in [3.63, 3.8) is 0 Å². The maximum absolute atomic E-state index is 12.5. The molecule has 38 heavy (non-hydrogen) atoms. The number of rotatable bonds is 7. The highest BCUT2D eigenvalue weighted by atomic mass is 16.5. The van der Waals surface area contributed by atoms with Gasteiger partial charge in [-0.15, -0.1) is 0 Å². The highest BCUT2D eigenvalue weighted by molar-refractivity contribution is 5.81. The Kier molecular flexibility index (Phi) is 7.32. The fourth-order valence-corrected chi connectivity index (χ4v) is 8.24. The number of hydrogen-bond donors (Lipinski definition) is 2. The fourth-order valence-electron chi connectivity index (χ4n) is 8.24. The van der Waals surface area contributed by atoms with E-state index < -0.39 is 0 Å². The predicted octanol–water partition coefficient (Wildman–Crippen LogP) is 4.99. The number of hydrogen-bond acceptors (Lipinski definition) is 5. The summed E-state index contributed by atoms with van der Waals surface area (Å²) < 4.78 is 6.46. The molecular weight excluding hydrogens is 472 g/mol. The van der Waals surface area contributed by atoms with E-state index in [1.807, 2.05) is 12.3 Å². The summed E-state index contributed by atoms with van der Waals surface area (Å²) in [6.45, 7) is 4.82. The Morgan fingerprint density at radius 2 is 2.03 bits per heavy atom. The van der Waals surface area contributed by atoms with Crippen LogP contribution in [-0.2, 0) is 21.4 Å². The zero-order valence-electron chi connectivity index (χ0n) is 23.2. The van der Waals surface area contributed by atoms with Crippen molar-refractivity contribution in [2.45, 2.75) is 100 Å². The van der Waals surface area contributed by atoms with Crippen molar-refractivity contribution in [1.29, 1.82) is 0 Å². The molecule has 0 radical (unpaired) electrons. The van der Waals surface area contributed by atoms with Gasteiger partial charge < -0.3 is 15.4 Å². The molecule has 6 heteroatoms. The van der Waals surface area contributed by atoms with Gasteiger partial charge in [0.2, 0.25) is 5.91 Å². The molecule has 2 aliphatic heterocycles. The Bertz CT molecular complexity index is 1130. The molecule has 1 saturated heterocycles. The van der Waals surface area contributed by atoms with E-state index in [1.165, 1.54) is 48.1 Å². The van der Waals surface area contributed by atoms with E-state index in [0.717, 1.165) is 58.2 Å². The van der Waals surface area contributed by atoms with Gasteiger partial charge in [-0.25, -0.2) is 0 Å². The Morgan fingerprint density at radius 1 is 1.16 bits per heavy atom. The fraction of sp³-hybridized carbons (Fsp3) is 0.625. The minimum atomic E-state index is -0.106. The first-order valence-electron chi connectivity index (χ1n) is 14.9. The first-order valence-corrected chi connectivity index (χ1v) is 14.9. The first kappa shape index (κ1) is 26.0. The van der Waals surface area contributed by atoms with E-state index in [1.54, 1.807) is 7.05 Å². The summed E-state index contributed by atoms with van der Waals surface area (Å²) >= 11 is 0. The van der Waals surface area contributed by atoms with E-state index in [-0.39, 0.29) is 23.0 Å². The van der Waals surface area contributed by atoms with Gasteiger partial charge in [-0.05, 0) is 93.7 Å². The second kappa shape index (κ2) is 10.7. The zero-order chi connectivity index (χ0) is 26.2. The number of aromatic nitrogens is 1. The van der Waals surface area contributed by atoms with Crippen LogP contribution in [-0.4, -0.2) is 54.2 Å². The van der Waals surface area contributed by atoms with Crippen LogP contribution < -0.4 is 10.6 Å². The van der Waals surface area contributed by atoms with E-state index in [2.05, 4.69) is 52.8 Å². The highest BCUT2D eigenvalue weighted by Crippen LogP contribution is 2.50. The molecule has 1 aromatic carbocycles. The maximum atomic E-state index is 12.5. The van der Waals surface area contributed by atoms with Crippen LogP contribution in [0.25, 0.3) is 0 Å². The Morgan fingerprint density at radius 3 is 2.82 bits per heavy atom. The molecular formula is C32H44N4O2. The van der Waals surface area contributed by atoms with Crippen LogP contribution in [0.1, 0.15) is 99.2 Å². The molecule has 4 aliphatic rings. The van der Waals surface area contributed by atoms with E-state index in [9.17, 15) is 4.79 Å². The van der Waals surface area contributed by atoms with Gasteiger partial charge in [-0.3, -0.25) is 14.7 Å². The molecule has 1 amide bonds. The summed E-state index contributed by atoms with van der Waals surface area (Å²) in [5.74, 6) is 0.113. The minimum Gasteiger partial charge on any atom is -0.375 e. The molecule has 3 unspecified atom stereocenters. The van der Waals surface area contributed by atoms with Gasteiger partial charge in [0, 0.05) is 49.6 Å². The largest absolute Gasteiger partial charge is 0.375 e. The van der Waals surface area contributed by atoms with Crippen molar-refractivity contribution in [2.24, 2.45) is 0 Å². The van der Waals surface area contributed by atoms with Gasteiger partial charge >= 0.3 is 0 Å². The van der Waals surface area contributed by atoms with Crippen LogP contribution in [0, 0.1) is 0 Å². The normalized spacial score (nSPS) is 29.1. The summed E-state index contributed by atoms with van der Waals surface area (Å²) in [6, 6.07) is 13.9. The lowest BCUT2D eigenvalue weighted by atomic mass is 9.68. The average molecular weight is 517 g/mol. The van der Waals surface area contributed by atoms with Gasteiger partial charge in [0.1, 0.15) is 0 Å². The quantitative estimate of drug-likeness (QED) is 0.543. The molecule has 6 nitrogen and oxygen atoms in total. The van der Waals surface area contributed by atoms with Crippen molar-refractivity contribution >= 4 is 5.91 Å². The summed E-state index contributed by atoms with van der Waals surface area (Å²) in [7, 11) is 1.74. The Labute approximate surface area is 227 Å². The summed E-state index contributed by atoms with van der Waals surface area (Å²) in [5, 5.41) is 6.87. The molecule has 1 saturated carbocycles. The maximum Gasteiger partial charge on any atom is 0.236 e. The van der Waals surface area contributed by atoms with Gasteiger partial charge in [-0.2, -0.15) is 0 Å². The van der Waals surface area contributed by atoms with E-state index in [4.69, 9.17) is 9.72 Å². The number of carbonyl (C=O) groups excluding carboxylic acids is 1. The van der Waals surface area contributed by atoms with Crippen molar-refractivity contribution in [3.05, 3.63) is 65.0 Å². The smallest absolute Gasteiger partial charge is 0.236 e. The van der Waals surface area contributed by atoms with E-state index in [0.29, 0.717) is 12.1 Å². The summed E-state index contributed by atoms with van der Waals surface area (Å²) in [4.78, 5) is 19.8. The lowest BCUT2D eigenvalue weighted by molar-refractivity contribution is -0.126. The monoisotopic (exact) mass is 516 g/mol. The summed E-state index contributed by atoms with van der Waals surface area (Å²) in [5.41, 5.74) is 5.77. The van der Waals surface area contributed by atoms with Crippen molar-refractivity contribution in [3.8, 4) is 0 Å². The van der Waals surface area contributed by atoms with Crippen LogP contribution in [0.2, 0.25) is 0 Å². The molecule has 0 bridgehead atoms. The third-order valence-electron chi connectivity index (χ3n) is 10.2. The lowest BCUT2D eigenvalue weighted by Gasteiger charge is -2.47. The minimum absolute atomic E-state index is 0.0528. The van der Waals surface area contributed by atoms with E-state index >= 15 is 0 Å². The number of ether oxygens (including phenoxy) is 1. The average Bonchev–Trinajstić information content (AvgIpc) is 3.41. The number of nitrogens with zero attached hydrogens (tertiary/aromatic N) is 2. The second-order valence-electron chi connectivity index (χ2n) is 12.2. The van der Waals surface area contributed by atoms with Crippen LogP contribution in [0.3, 0.4) is 0 Å². The van der Waals surface area contributed by atoms with Gasteiger partial charge in [-0.1, -0.05) is 37.1 Å². The van der Waals surface area contributed by atoms with Crippen molar-refractivity contribution in [2.75, 3.05) is 26.7 Å². The zero-order valence-corrected chi connectivity index (χ0v) is 23.2. The molecule has 204 valence electrons. The third kappa shape index (κ3) is 4.69. The molecule has 2 N–H and O–H groups in total. The first-order chi connectivity index (χ1) is 18.5. The van der Waals surface area contributed by atoms with Gasteiger partial charge in [0.05, 0.1) is 11.6 Å². The molecule has 1 spiro atoms. The lowest BCUT2D eigenvalue weighted by Crippen LogP contribution is -2.50. The summed E-state index contributed by atoms with van der Waals surface area (Å²) in [6.07, 6.45) is 13.4. The number of likely N-dealkylation sites (N-methyl/N-ethyl adjacent to an activating group) is 1. The number of amides is 1. The van der Waals surface area contributed by atoms with Crippen LogP contribution >= 0.6 is 0 Å². The van der Waals surface area contributed by atoms with Crippen LogP contribution in [0.15, 0.2) is 42.6 Å². The molecule has 2 aliphatic carbocycles. The molecule has 2 aromatic rings. The third-order valence-corrected chi connectivity index (χ3v) is 10.2. The van der Waals surface area contributed by atoms with Crippen molar-refractivity contribution < 1.29 is 9.53 Å². The Hall–Kier alpha value is -2.28. The van der Waals surface area contributed by atoms with Crippen LogP contribution in [0.4, 0.5) is 0 Å². The second-order valence-corrected chi connectivity index (χ2v) is 12.2. The predicted molar refractivity (Wildman–Crippen MR) is 150 cm³/mol. The highest BCUT2D eigenvalue weighted by Gasteiger charge is 2.48. The number of benzene rings is 1. The number of pyridine rings is 1. The molecule has 6 rings (SSSR count). The van der Waals surface area contributed by atoms with Gasteiger partial charge in [0.15, 0.2) is 0 Å². The molecule has 2 fully saturated rings. The van der Waals surface area contributed by atoms with Gasteiger partial charge in [0.25, 0.3) is 0 Å². The topological polar surface area (TPSA) is 66.5 Å². The molecule has 3 heterocycles. The molecule has 4 atom stereocenters. The SMILES string of the molecule is CNC(=O)C(C)N1CCc2cccc3c2C1CCC3NCC[C@@]1(c2ccccn2)CCOC2(CCCC2)C1. The van der Waals surface area contributed by atoms with Crippen molar-refractivity contribution in [1.82, 2.24) is 20.5 Å². The standard InChI is InChI=1S/C32H44N4O2/c1-23(30(37)33-2)36-20-13-24-8-7-9-25-26(11-12-27(36)29(24)25)34-19-16-31(28-10-3-6-18-35-28)17-21-38-32(22-31)14-4-5-15-32/h3,6-10,18,23,26-27,34H,4-5,11-17,19-22H2,1-2H3,(H,33,37)/t23?,26?,27?,31-/m1/s1. The number of carbonyl (C=O) groups is 1. The number of nitrogens with one attached hydrogen (secondary N) is 2. The Balaban J connectivity index is 1.21. The molecule has 1 aromatic heterocycles.